The molecule has 250 valence electrons. The van der Waals surface area contributed by atoms with Gasteiger partial charge in [-0.1, -0.05) is 176 Å². The molecule has 2 aliphatic rings. The third-order valence-corrected chi connectivity index (χ3v) is 13.2. The van der Waals surface area contributed by atoms with Crippen LogP contribution in [0.15, 0.2) is 10.1 Å². The van der Waals surface area contributed by atoms with Crippen molar-refractivity contribution >= 4 is 81.5 Å². The van der Waals surface area contributed by atoms with Gasteiger partial charge in [-0.05, 0) is 12.8 Å². The van der Waals surface area contributed by atoms with Gasteiger partial charge in [-0.3, -0.25) is 9.59 Å². The van der Waals surface area contributed by atoms with Gasteiger partial charge in [0, 0.05) is 0 Å². The van der Waals surface area contributed by atoms with E-state index in [0.29, 0.717) is 12.8 Å². The van der Waals surface area contributed by atoms with Crippen LogP contribution >= 0.6 is 69.6 Å². The van der Waals surface area contributed by atoms with E-state index in [-0.39, 0.29) is 23.3 Å². The Morgan fingerprint density at radius 2 is 0.767 bits per heavy atom. The number of halogens is 6. The molecular weight excluding hydrogens is 673 g/mol. The minimum Gasteiger partial charge on any atom is -0.465 e. The van der Waals surface area contributed by atoms with Crippen LogP contribution in [0.5, 0.6) is 0 Å². The van der Waals surface area contributed by atoms with Gasteiger partial charge in [-0.15, -0.1) is 23.2 Å². The summed E-state index contributed by atoms with van der Waals surface area (Å²) in [6.07, 6.45) is 23.0. The fourth-order valence-corrected chi connectivity index (χ4v) is 9.20. The van der Waals surface area contributed by atoms with Crippen molar-refractivity contribution in [2.24, 2.45) is 11.8 Å². The van der Waals surface area contributed by atoms with E-state index in [9.17, 15) is 9.59 Å². The van der Waals surface area contributed by atoms with Crippen molar-refractivity contribution in [3.8, 4) is 0 Å². The van der Waals surface area contributed by atoms with Crippen molar-refractivity contribution in [2.45, 2.75) is 156 Å². The third kappa shape index (κ3) is 9.72. The van der Waals surface area contributed by atoms with Gasteiger partial charge in [0.15, 0.2) is 4.33 Å². The maximum absolute atomic E-state index is 13.4. The van der Waals surface area contributed by atoms with Crippen LogP contribution < -0.4 is 0 Å². The Morgan fingerprint density at radius 3 is 1.05 bits per heavy atom. The minimum atomic E-state index is -2.04. The number of carbonyl (C=O) groups is 2. The van der Waals surface area contributed by atoms with Crippen LogP contribution in [0.4, 0.5) is 0 Å². The molecule has 0 radical (unpaired) electrons. The van der Waals surface area contributed by atoms with E-state index in [2.05, 4.69) is 13.8 Å². The van der Waals surface area contributed by atoms with Gasteiger partial charge < -0.3 is 9.47 Å². The molecule has 0 aromatic rings. The van der Waals surface area contributed by atoms with Gasteiger partial charge in [0.05, 0.1) is 35.1 Å². The molecule has 0 aromatic heterocycles. The molecule has 2 rings (SSSR count). The number of esters is 2. The van der Waals surface area contributed by atoms with Gasteiger partial charge in [0.25, 0.3) is 0 Å². The quantitative estimate of drug-likeness (QED) is 0.0565. The SMILES string of the molecule is CCCCCCCCCCCCOC(=O)C1C(C(=O)OCCCCCCCCCCCC)C2(Cl)C(Cl)=C(Cl)C1(Cl)C2(Cl)Cl. The number of ether oxygens (including phenoxy) is 2. The zero-order chi connectivity index (χ0) is 31.9. The summed E-state index contributed by atoms with van der Waals surface area (Å²) in [5.41, 5.74) is 0. The average molecular weight is 725 g/mol. The van der Waals surface area contributed by atoms with E-state index in [1.165, 1.54) is 77.0 Å². The monoisotopic (exact) mass is 722 g/mol. The Hall–Kier alpha value is 0.420. The summed E-state index contributed by atoms with van der Waals surface area (Å²) >= 11 is 40.2. The van der Waals surface area contributed by atoms with Crippen molar-refractivity contribution in [2.75, 3.05) is 13.2 Å². The summed E-state index contributed by atoms with van der Waals surface area (Å²) in [6.45, 7) is 4.81. The number of hydrogen-bond donors (Lipinski definition) is 0. The smallest absolute Gasteiger partial charge is 0.312 e. The van der Waals surface area contributed by atoms with Crippen molar-refractivity contribution in [3.63, 3.8) is 0 Å². The highest BCUT2D eigenvalue weighted by molar-refractivity contribution is 6.66. The van der Waals surface area contributed by atoms with Crippen LogP contribution in [0.1, 0.15) is 142 Å². The number of hydrogen-bond acceptors (Lipinski definition) is 4. The number of unbranched alkanes of at least 4 members (excludes halogenated alkanes) is 18. The molecule has 43 heavy (non-hydrogen) atoms. The van der Waals surface area contributed by atoms with Crippen LogP contribution in [0, 0.1) is 11.8 Å². The lowest BCUT2D eigenvalue weighted by atomic mass is 9.82. The van der Waals surface area contributed by atoms with Crippen molar-refractivity contribution in [3.05, 3.63) is 10.1 Å². The van der Waals surface area contributed by atoms with Crippen LogP contribution in [0.25, 0.3) is 0 Å². The standard InChI is InChI=1S/C33H52Cl6O4/c1-3-5-7-9-11-13-15-17-19-21-23-42-29(40)25-26(32(37)28(35)27(34)31(25,36)33(32,38)39)30(41)43-24-22-20-18-16-14-12-10-8-6-4-2/h25-26H,3-24H2,1-2H3. The second-order valence-electron chi connectivity index (χ2n) is 12.3. The molecular formula is C33H52Cl6O4. The molecule has 10 heteroatoms. The van der Waals surface area contributed by atoms with Gasteiger partial charge in [-0.2, -0.15) is 0 Å². The number of fused-ring (bicyclic) bond motifs is 2. The van der Waals surface area contributed by atoms with Crippen molar-refractivity contribution in [1.29, 1.82) is 0 Å². The Balaban J connectivity index is 1.87. The summed E-state index contributed by atoms with van der Waals surface area (Å²) in [5, 5.41) is -0.286. The van der Waals surface area contributed by atoms with Gasteiger partial charge in [0.2, 0.25) is 0 Å². The Labute approximate surface area is 290 Å². The second kappa shape index (κ2) is 19.9. The molecule has 0 spiro atoms. The van der Waals surface area contributed by atoms with Crippen molar-refractivity contribution in [1.82, 2.24) is 0 Å². The molecule has 2 aliphatic carbocycles. The molecule has 0 aliphatic heterocycles. The van der Waals surface area contributed by atoms with Crippen LogP contribution in [-0.4, -0.2) is 39.2 Å². The summed E-state index contributed by atoms with van der Waals surface area (Å²) in [6, 6.07) is 0. The Morgan fingerprint density at radius 1 is 0.512 bits per heavy atom. The topological polar surface area (TPSA) is 52.6 Å². The van der Waals surface area contributed by atoms with Gasteiger partial charge in [0.1, 0.15) is 9.75 Å². The van der Waals surface area contributed by atoms with E-state index in [1.54, 1.807) is 0 Å². The lowest BCUT2D eigenvalue weighted by molar-refractivity contribution is -0.161. The maximum atomic E-state index is 13.4. The summed E-state index contributed by atoms with van der Waals surface area (Å²) in [5.74, 6) is -4.16. The summed E-state index contributed by atoms with van der Waals surface area (Å²) in [4.78, 5) is 23.0. The van der Waals surface area contributed by atoms with Crippen molar-refractivity contribution < 1.29 is 19.1 Å². The first-order valence-corrected chi connectivity index (χ1v) is 18.9. The maximum Gasteiger partial charge on any atom is 0.312 e. The molecule has 4 unspecified atom stereocenters. The molecule has 1 fully saturated rings. The lowest BCUT2D eigenvalue weighted by Crippen LogP contribution is -2.46. The van der Waals surface area contributed by atoms with Gasteiger partial charge in [-0.25, -0.2) is 0 Å². The molecule has 0 saturated heterocycles. The van der Waals surface area contributed by atoms with E-state index < -0.39 is 37.9 Å². The largest absolute Gasteiger partial charge is 0.465 e. The van der Waals surface area contributed by atoms with E-state index >= 15 is 0 Å². The molecule has 0 amide bonds. The number of alkyl halides is 4. The first-order valence-electron chi connectivity index (χ1n) is 16.7. The Bertz CT molecular complexity index is 829. The molecule has 0 heterocycles. The molecule has 0 aromatic carbocycles. The van der Waals surface area contributed by atoms with Crippen LogP contribution in [0.3, 0.4) is 0 Å². The first-order chi connectivity index (χ1) is 20.5. The molecule has 0 N–H and O–H groups in total. The predicted octanol–water partition coefficient (Wildman–Crippen LogP) is 12.0. The fourth-order valence-electron chi connectivity index (χ4n) is 6.28. The summed E-state index contributed by atoms with van der Waals surface area (Å²) in [7, 11) is 0. The average Bonchev–Trinajstić information content (AvgIpc) is 3.19. The normalized spacial score (nSPS) is 25.9. The van der Waals surface area contributed by atoms with Gasteiger partial charge >= 0.3 is 11.9 Å². The highest BCUT2D eigenvalue weighted by atomic mass is 35.5. The third-order valence-electron chi connectivity index (χ3n) is 8.93. The zero-order valence-corrected chi connectivity index (χ0v) is 30.6. The molecule has 1 saturated carbocycles. The Kier molecular flexibility index (Phi) is 18.4. The molecule has 4 atom stereocenters. The highest BCUT2D eigenvalue weighted by Crippen LogP contribution is 2.76. The second-order valence-corrected chi connectivity index (χ2v) is 15.6. The van der Waals surface area contributed by atoms with E-state index in [0.717, 1.165) is 38.5 Å². The number of allylic oxidation sites excluding steroid dienone is 2. The van der Waals surface area contributed by atoms with E-state index in [1.807, 2.05) is 0 Å². The van der Waals surface area contributed by atoms with Crippen LogP contribution in [-0.2, 0) is 19.1 Å². The minimum absolute atomic E-state index is 0.143. The summed E-state index contributed by atoms with van der Waals surface area (Å²) < 4.78 is 9.15. The highest BCUT2D eigenvalue weighted by Gasteiger charge is 2.86. The van der Waals surface area contributed by atoms with Crippen LogP contribution in [0.2, 0.25) is 0 Å². The lowest BCUT2D eigenvalue weighted by Gasteiger charge is -2.33. The van der Waals surface area contributed by atoms with E-state index in [4.69, 9.17) is 79.1 Å². The number of rotatable bonds is 24. The molecule has 4 nitrogen and oxygen atoms in total. The molecule has 2 bridgehead atoms. The zero-order valence-electron chi connectivity index (χ0n) is 26.1. The number of carbonyl (C=O) groups excluding carboxylic acids is 2. The first kappa shape index (κ1) is 39.6. The predicted molar refractivity (Wildman–Crippen MR) is 183 cm³/mol. The fraction of sp³-hybridized carbons (Fsp3) is 0.879.